The molecule has 9 heteroatoms. The van der Waals surface area contributed by atoms with Crippen LogP contribution in [0.5, 0.6) is 5.75 Å². The quantitative estimate of drug-likeness (QED) is 0.806. The first-order valence-electron chi connectivity index (χ1n) is 6.19. The van der Waals surface area contributed by atoms with E-state index >= 15 is 0 Å². The summed E-state index contributed by atoms with van der Waals surface area (Å²) < 4.78 is 5.14. The van der Waals surface area contributed by atoms with Crippen LogP contribution in [-0.2, 0) is 4.79 Å². The van der Waals surface area contributed by atoms with Crippen LogP contribution in [0.25, 0.3) is 0 Å². The Hall–Kier alpha value is -2.06. The highest BCUT2D eigenvalue weighted by Crippen LogP contribution is 2.27. The molecule has 1 amide bonds. The Labute approximate surface area is 135 Å². The van der Waals surface area contributed by atoms with Crippen LogP contribution in [0.4, 0.5) is 5.69 Å². The lowest BCUT2D eigenvalue weighted by Crippen LogP contribution is -2.17. The zero-order chi connectivity index (χ0) is 16.1. The van der Waals surface area contributed by atoms with Crippen LogP contribution in [0, 0.1) is 6.92 Å². The van der Waals surface area contributed by atoms with Gasteiger partial charge in [0.15, 0.2) is 5.16 Å². The number of anilines is 1. The minimum atomic E-state index is -0.325. The number of H-pyrrole nitrogens is 1. The number of methoxy groups -OCH3 is 1. The number of hydrogen-bond acceptors (Lipinski definition) is 6. The second-order valence-corrected chi connectivity index (χ2v) is 5.63. The molecule has 2 N–H and O–H groups in total. The van der Waals surface area contributed by atoms with E-state index in [9.17, 15) is 9.59 Å². The Balaban J connectivity index is 2.00. The van der Waals surface area contributed by atoms with Gasteiger partial charge in [-0.1, -0.05) is 23.4 Å². The first-order chi connectivity index (χ1) is 10.5. The van der Waals surface area contributed by atoms with Crippen molar-refractivity contribution in [1.82, 2.24) is 15.2 Å². The van der Waals surface area contributed by atoms with E-state index in [0.717, 1.165) is 11.8 Å². The second-order valence-electron chi connectivity index (χ2n) is 4.23. The maximum absolute atomic E-state index is 11.9. The number of aryl methyl sites for hydroxylation is 1. The highest BCUT2D eigenvalue weighted by molar-refractivity contribution is 7.99. The monoisotopic (exact) mass is 340 g/mol. The van der Waals surface area contributed by atoms with Crippen molar-refractivity contribution in [2.75, 3.05) is 18.2 Å². The molecule has 0 spiro atoms. The van der Waals surface area contributed by atoms with Crippen molar-refractivity contribution in [3.8, 4) is 5.75 Å². The predicted octanol–water partition coefficient (Wildman–Crippen LogP) is 1.87. The molecule has 0 fully saturated rings. The average Bonchev–Trinajstić information content (AvgIpc) is 2.49. The lowest BCUT2D eigenvalue weighted by atomic mass is 10.3. The number of halogens is 1. The molecule has 0 unspecified atom stereocenters. The van der Waals surface area contributed by atoms with E-state index in [-0.39, 0.29) is 28.1 Å². The summed E-state index contributed by atoms with van der Waals surface area (Å²) in [6, 6.07) is 4.92. The summed E-state index contributed by atoms with van der Waals surface area (Å²) in [5.41, 5.74) is 0.427. The number of benzene rings is 1. The van der Waals surface area contributed by atoms with E-state index in [1.165, 1.54) is 7.11 Å². The summed E-state index contributed by atoms with van der Waals surface area (Å²) in [6.45, 7) is 1.55. The van der Waals surface area contributed by atoms with Gasteiger partial charge in [0.05, 0.1) is 18.6 Å². The SMILES string of the molecule is COc1ccc(Cl)cc1NC(=O)CSc1nnc(C)c(=O)[nH]1. The summed E-state index contributed by atoms with van der Waals surface area (Å²) in [7, 11) is 1.50. The van der Waals surface area contributed by atoms with Crippen molar-refractivity contribution in [3.63, 3.8) is 0 Å². The van der Waals surface area contributed by atoms with Gasteiger partial charge >= 0.3 is 0 Å². The molecule has 7 nitrogen and oxygen atoms in total. The maximum atomic E-state index is 11.9. The standard InChI is InChI=1S/C13H13ClN4O3S/c1-7-12(20)16-13(18-17-7)22-6-11(19)15-9-5-8(14)3-4-10(9)21-2/h3-5H,6H2,1-2H3,(H,15,19)(H,16,18,20). The normalized spacial score (nSPS) is 10.3. The third-order valence-electron chi connectivity index (χ3n) is 2.62. The lowest BCUT2D eigenvalue weighted by Gasteiger charge is -2.10. The number of thioether (sulfide) groups is 1. The van der Waals surface area contributed by atoms with E-state index in [2.05, 4.69) is 20.5 Å². The van der Waals surface area contributed by atoms with Gasteiger partial charge < -0.3 is 10.1 Å². The molecule has 1 heterocycles. The van der Waals surface area contributed by atoms with Gasteiger partial charge in [0.2, 0.25) is 5.91 Å². The van der Waals surface area contributed by atoms with E-state index in [1.807, 2.05) is 0 Å². The van der Waals surface area contributed by atoms with Crippen LogP contribution in [0.1, 0.15) is 5.69 Å². The van der Waals surface area contributed by atoms with Crippen LogP contribution in [-0.4, -0.2) is 34.0 Å². The molecule has 0 radical (unpaired) electrons. The zero-order valence-corrected chi connectivity index (χ0v) is 13.4. The van der Waals surface area contributed by atoms with Gasteiger partial charge in [-0.2, -0.15) is 0 Å². The molecule has 0 aliphatic carbocycles. The second kappa shape index (κ2) is 7.28. The van der Waals surface area contributed by atoms with Gasteiger partial charge in [-0.25, -0.2) is 0 Å². The maximum Gasteiger partial charge on any atom is 0.273 e. The Bertz CT molecular complexity index is 750. The van der Waals surface area contributed by atoms with Gasteiger partial charge in [0.1, 0.15) is 11.4 Å². The molecule has 0 atom stereocenters. The number of hydrogen-bond donors (Lipinski definition) is 2. The summed E-state index contributed by atoms with van der Waals surface area (Å²) in [6.07, 6.45) is 0. The smallest absolute Gasteiger partial charge is 0.273 e. The van der Waals surface area contributed by atoms with Crippen molar-refractivity contribution < 1.29 is 9.53 Å². The molecule has 0 bridgehead atoms. The molecule has 1 aromatic heterocycles. The minimum absolute atomic E-state index is 0.0589. The largest absolute Gasteiger partial charge is 0.495 e. The van der Waals surface area contributed by atoms with E-state index in [0.29, 0.717) is 16.5 Å². The first-order valence-corrected chi connectivity index (χ1v) is 7.55. The van der Waals surface area contributed by atoms with Crippen LogP contribution in [0.3, 0.4) is 0 Å². The minimum Gasteiger partial charge on any atom is -0.495 e. The summed E-state index contributed by atoms with van der Waals surface area (Å²) >= 11 is 6.97. The molecule has 2 aromatic rings. The molecule has 0 aliphatic rings. The number of rotatable bonds is 5. The van der Waals surface area contributed by atoms with Crippen LogP contribution >= 0.6 is 23.4 Å². The van der Waals surface area contributed by atoms with Crippen LogP contribution < -0.4 is 15.6 Å². The fourth-order valence-corrected chi connectivity index (χ4v) is 2.32. The number of ether oxygens (including phenoxy) is 1. The molecule has 0 saturated heterocycles. The first kappa shape index (κ1) is 16.3. The third-order valence-corrected chi connectivity index (χ3v) is 3.71. The van der Waals surface area contributed by atoms with Crippen LogP contribution in [0.15, 0.2) is 28.2 Å². The molecule has 1 aromatic carbocycles. The van der Waals surface area contributed by atoms with E-state index in [4.69, 9.17) is 16.3 Å². The predicted molar refractivity (Wildman–Crippen MR) is 84.7 cm³/mol. The number of aromatic nitrogens is 3. The molecule has 116 valence electrons. The Morgan fingerprint density at radius 2 is 2.23 bits per heavy atom. The number of amides is 1. The lowest BCUT2D eigenvalue weighted by molar-refractivity contribution is -0.113. The number of carbonyl (C=O) groups excluding carboxylic acids is 1. The fourth-order valence-electron chi connectivity index (χ4n) is 1.54. The molecule has 0 saturated carbocycles. The number of aromatic amines is 1. The van der Waals surface area contributed by atoms with Gasteiger partial charge in [0, 0.05) is 5.02 Å². The van der Waals surface area contributed by atoms with Gasteiger partial charge in [0.25, 0.3) is 5.56 Å². The molecule has 22 heavy (non-hydrogen) atoms. The molecular formula is C13H13ClN4O3S. The Morgan fingerprint density at radius 3 is 2.91 bits per heavy atom. The zero-order valence-electron chi connectivity index (χ0n) is 11.8. The highest BCUT2D eigenvalue weighted by Gasteiger charge is 2.10. The number of nitrogens with zero attached hydrogens (tertiary/aromatic N) is 2. The topological polar surface area (TPSA) is 97.0 Å². The highest BCUT2D eigenvalue weighted by atomic mass is 35.5. The summed E-state index contributed by atoms with van der Waals surface area (Å²) in [5, 5.41) is 10.9. The van der Waals surface area contributed by atoms with Crippen molar-refractivity contribution in [2.24, 2.45) is 0 Å². The van der Waals surface area contributed by atoms with E-state index < -0.39 is 0 Å². The van der Waals surface area contributed by atoms with E-state index in [1.54, 1.807) is 25.1 Å². The summed E-state index contributed by atoms with van der Waals surface area (Å²) in [5.74, 6) is 0.281. The summed E-state index contributed by atoms with van der Waals surface area (Å²) in [4.78, 5) is 25.9. The number of carbonyl (C=O) groups is 1. The third kappa shape index (κ3) is 4.22. The van der Waals surface area contributed by atoms with Crippen molar-refractivity contribution >= 4 is 35.0 Å². The fraction of sp³-hybridized carbons (Fsp3) is 0.231. The Morgan fingerprint density at radius 1 is 1.45 bits per heavy atom. The molecular weight excluding hydrogens is 328 g/mol. The van der Waals surface area contributed by atoms with Gasteiger partial charge in [-0.05, 0) is 25.1 Å². The van der Waals surface area contributed by atoms with Gasteiger partial charge in [-0.3, -0.25) is 14.6 Å². The number of nitrogens with one attached hydrogen (secondary N) is 2. The van der Waals surface area contributed by atoms with Crippen molar-refractivity contribution in [3.05, 3.63) is 39.3 Å². The van der Waals surface area contributed by atoms with Crippen molar-refractivity contribution in [1.29, 1.82) is 0 Å². The molecule has 0 aliphatic heterocycles. The Kier molecular flexibility index (Phi) is 5.40. The average molecular weight is 341 g/mol. The van der Waals surface area contributed by atoms with Gasteiger partial charge in [-0.15, -0.1) is 10.2 Å². The molecule has 2 rings (SSSR count). The van der Waals surface area contributed by atoms with Crippen LogP contribution in [0.2, 0.25) is 5.02 Å². The van der Waals surface area contributed by atoms with Crippen molar-refractivity contribution in [2.45, 2.75) is 12.1 Å².